The molecule has 1 aromatic heterocycles. The molecule has 0 saturated carbocycles. The molecule has 1 aromatic carbocycles. The third kappa shape index (κ3) is 8.61. The van der Waals surface area contributed by atoms with Crippen LogP contribution >= 0.6 is 0 Å². The summed E-state index contributed by atoms with van der Waals surface area (Å²) in [6.45, 7) is 0.888. The molecule has 2 aromatic rings. The van der Waals surface area contributed by atoms with Gasteiger partial charge in [-0.3, -0.25) is 4.99 Å². The standard InChI is InChI=1S/C19H23F3N4O2/c1-23-18(24-10-9-19(20,21)22)26-14-15-7-8-17(25-13-15)28-12-11-27-16-5-3-2-4-6-16/h2-8,13H,9-12,14H2,1H3,(H2,23,24,26). The normalized spacial score (nSPS) is 11.8. The van der Waals surface area contributed by atoms with Crippen molar-refractivity contribution in [3.63, 3.8) is 0 Å². The van der Waals surface area contributed by atoms with Crippen molar-refractivity contribution in [3.05, 3.63) is 54.2 Å². The SMILES string of the molecule is CN=C(NCCC(F)(F)F)NCc1ccc(OCCOc2ccccc2)nc1. The minimum atomic E-state index is -4.20. The van der Waals surface area contributed by atoms with Gasteiger partial charge >= 0.3 is 6.18 Å². The fraction of sp³-hybridized carbons (Fsp3) is 0.368. The second-order valence-electron chi connectivity index (χ2n) is 5.73. The summed E-state index contributed by atoms with van der Waals surface area (Å²) in [7, 11) is 1.50. The lowest BCUT2D eigenvalue weighted by atomic mass is 10.3. The molecule has 152 valence electrons. The molecule has 0 unspecified atom stereocenters. The number of para-hydroxylation sites is 1. The molecule has 0 aliphatic heterocycles. The van der Waals surface area contributed by atoms with E-state index in [0.717, 1.165) is 11.3 Å². The summed E-state index contributed by atoms with van der Waals surface area (Å²) >= 11 is 0. The van der Waals surface area contributed by atoms with Gasteiger partial charge in [0.05, 0.1) is 6.42 Å². The summed E-state index contributed by atoms with van der Waals surface area (Å²) in [4.78, 5) is 8.08. The third-order valence-electron chi connectivity index (χ3n) is 3.53. The number of hydrogen-bond acceptors (Lipinski definition) is 4. The Morgan fingerprint density at radius 1 is 1.04 bits per heavy atom. The highest BCUT2D eigenvalue weighted by atomic mass is 19.4. The number of ether oxygens (including phenoxy) is 2. The van der Waals surface area contributed by atoms with Gasteiger partial charge in [-0.1, -0.05) is 24.3 Å². The average Bonchev–Trinajstić information content (AvgIpc) is 2.69. The molecule has 0 radical (unpaired) electrons. The fourth-order valence-corrected chi connectivity index (χ4v) is 2.15. The zero-order valence-electron chi connectivity index (χ0n) is 15.5. The highest BCUT2D eigenvalue weighted by molar-refractivity contribution is 5.79. The average molecular weight is 396 g/mol. The Bertz CT molecular complexity index is 722. The number of aromatic nitrogens is 1. The molecule has 0 bridgehead atoms. The fourth-order valence-electron chi connectivity index (χ4n) is 2.15. The molecule has 0 spiro atoms. The molecule has 0 saturated heterocycles. The van der Waals surface area contributed by atoms with Gasteiger partial charge < -0.3 is 20.1 Å². The van der Waals surface area contributed by atoms with E-state index in [1.165, 1.54) is 7.05 Å². The number of guanidine groups is 1. The summed E-state index contributed by atoms with van der Waals surface area (Å²) in [6, 6.07) is 13.0. The lowest BCUT2D eigenvalue weighted by Crippen LogP contribution is -2.38. The van der Waals surface area contributed by atoms with Crippen LogP contribution in [0.1, 0.15) is 12.0 Å². The molecule has 0 fully saturated rings. The van der Waals surface area contributed by atoms with E-state index in [2.05, 4.69) is 20.6 Å². The summed E-state index contributed by atoms with van der Waals surface area (Å²) in [5, 5.41) is 5.55. The first-order valence-electron chi connectivity index (χ1n) is 8.73. The number of halogens is 3. The lowest BCUT2D eigenvalue weighted by molar-refractivity contribution is -0.132. The van der Waals surface area contributed by atoms with Gasteiger partial charge in [0, 0.05) is 32.4 Å². The van der Waals surface area contributed by atoms with Crippen LogP contribution in [-0.2, 0) is 6.54 Å². The summed E-state index contributed by atoms with van der Waals surface area (Å²) < 4.78 is 47.5. The van der Waals surface area contributed by atoms with E-state index in [9.17, 15) is 13.2 Å². The van der Waals surface area contributed by atoms with E-state index >= 15 is 0 Å². The van der Waals surface area contributed by atoms with Crippen LogP contribution < -0.4 is 20.1 Å². The second kappa shape index (κ2) is 11.0. The van der Waals surface area contributed by atoms with Gasteiger partial charge in [-0.25, -0.2) is 4.98 Å². The third-order valence-corrected chi connectivity index (χ3v) is 3.53. The van der Waals surface area contributed by atoms with Crippen LogP contribution in [0.25, 0.3) is 0 Å². The van der Waals surface area contributed by atoms with Crippen molar-refractivity contribution >= 4 is 5.96 Å². The first kappa shape index (κ1) is 21.3. The number of aliphatic imine (C=N–C) groups is 1. The molecule has 2 rings (SSSR count). The Morgan fingerprint density at radius 2 is 1.79 bits per heavy atom. The van der Waals surface area contributed by atoms with Gasteiger partial charge in [-0.05, 0) is 17.7 Å². The predicted octanol–water partition coefficient (Wildman–Crippen LogP) is 3.16. The second-order valence-corrected chi connectivity index (χ2v) is 5.73. The zero-order chi connectivity index (χ0) is 20.2. The van der Waals surface area contributed by atoms with Crippen LogP contribution in [0.2, 0.25) is 0 Å². The number of rotatable bonds is 9. The Morgan fingerprint density at radius 3 is 2.43 bits per heavy atom. The molecule has 0 aliphatic carbocycles. The number of nitrogens with zero attached hydrogens (tertiary/aromatic N) is 2. The van der Waals surface area contributed by atoms with Crippen LogP contribution in [0.3, 0.4) is 0 Å². The maximum Gasteiger partial charge on any atom is 0.390 e. The molecule has 1 heterocycles. The number of alkyl halides is 3. The molecule has 2 N–H and O–H groups in total. The Balaban J connectivity index is 1.67. The Labute approximate surface area is 161 Å². The number of pyridine rings is 1. The predicted molar refractivity (Wildman–Crippen MR) is 101 cm³/mol. The van der Waals surface area contributed by atoms with E-state index in [4.69, 9.17) is 9.47 Å². The summed E-state index contributed by atoms with van der Waals surface area (Å²) in [6.07, 6.45) is -3.49. The van der Waals surface area contributed by atoms with Gasteiger partial charge in [0.1, 0.15) is 19.0 Å². The minimum absolute atomic E-state index is 0.237. The molecule has 28 heavy (non-hydrogen) atoms. The topological polar surface area (TPSA) is 67.8 Å². The van der Waals surface area contributed by atoms with Crippen molar-refractivity contribution in [2.75, 3.05) is 26.8 Å². The van der Waals surface area contributed by atoms with E-state index in [0.29, 0.717) is 31.6 Å². The maximum atomic E-state index is 12.2. The largest absolute Gasteiger partial charge is 0.490 e. The monoisotopic (exact) mass is 396 g/mol. The molecule has 9 heteroatoms. The summed E-state index contributed by atoms with van der Waals surface area (Å²) in [5.74, 6) is 1.54. The first-order chi connectivity index (χ1) is 13.5. The maximum absolute atomic E-state index is 12.2. The van der Waals surface area contributed by atoms with Gasteiger partial charge in [-0.15, -0.1) is 0 Å². The lowest BCUT2D eigenvalue weighted by Gasteiger charge is -2.13. The van der Waals surface area contributed by atoms with Crippen molar-refractivity contribution in [1.29, 1.82) is 0 Å². The molecular weight excluding hydrogens is 373 g/mol. The molecule has 0 aliphatic rings. The number of benzene rings is 1. The van der Waals surface area contributed by atoms with Gasteiger partial charge in [-0.2, -0.15) is 13.2 Å². The van der Waals surface area contributed by atoms with Gasteiger partial charge in [0.15, 0.2) is 5.96 Å². The van der Waals surface area contributed by atoms with E-state index in [1.54, 1.807) is 12.3 Å². The smallest absolute Gasteiger partial charge is 0.390 e. The van der Waals surface area contributed by atoms with Crippen LogP contribution in [0.4, 0.5) is 13.2 Å². The van der Waals surface area contributed by atoms with Crippen molar-refractivity contribution < 1.29 is 22.6 Å². The van der Waals surface area contributed by atoms with Crippen LogP contribution in [-0.4, -0.2) is 43.9 Å². The molecule has 0 amide bonds. The Hall–Kier alpha value is -2.97. The van der Waals surface area contributed by atoms with E-state index in [1.807, 2.05) is 36.4 Å². The summed E-state index contributed by atoms with van der Waals surface area (Å²) in [5.41, 5.74) is 0.839. The number of nitrogens with one attached hydrogen (secondary N) is 2. The van der Waals surface area contributed by atoms with Crippen molar-refractivity contribution in [3.8, 4) is 11.6 Å². The van der Waals surface area contributed by atoms with Gasteiger partial charge in [0.2, 0.25) is 5.88 Å². The van der Waals surface area contributed by atoms with Crippen LogP contribution in [0, 0.1) is 0 Å². The highest BCUT2D eigenvalue weighted by Crippen LogP contribution is 2.18. The minimum Gasteiger partial charge on any atom is -0.490 e. The highest BCUT2D eigenvalue weighted by Gasteiger charge is 2.26. The Kier molecular flexibility index (Phi) is 8.38. The molecular formula is C19H23F3N4O2. The quantitative estimate of drug-likeness (QED) is 0.387. The zero-order valence-corrected chi connectivity index (χ0v) is 15.5. The van der Waals surface area contributed by atoms with Crippen molar-refractivity contribution in [1.82, 2.24) is 15.6 Å². The van der Waals surface area contributed by atoms with Crippen molar-refractivity contribution in [2.24, 2.45) is 4.99 Å². The molecule has 6 nitrogen and oxygen atoms in total. The molecule has 0 atom stereocenters. The van der Waals surface area contributed by atoms with E-state index < -0.39 is 12.6 Å². The van der Waals surface area contributed by atoms with Gasteiger partial charge in [0.25, 0.3) is 0 Å². The number of hydrogen-bond donors (Lipinski definition) is 2. The van der Waals surface area contributed by atoms with Crippen LogP contribution in [0.5, 0.6) is 11.6 Å². The first-order valence-corrected chi connectivity index (χ1v) is 8.73. The van der Waals surface area contributed by atoms with Crippen molar-refractivity contribution in [2.45, 2.75) is 19.1 Å². The van der Waals surface area contributed by atoms with Crippen LogP contribution in [0.15, 0.2) is 53.7 Å². The van der Waals surface area contributed by atoms with E-state index in [-0.39, 0.29) is 6.54 Å².